The zero-order chi connectivity index (χ0) is 15.4. The topological polar surface area (TPSA) is 71.4 Å². The number of rotatable bonds is 1. The smallest absolute Gasteiger partial charge is 0.337 e. The van der Waals surface area contributed by atoms with Crippen LogP contribution in [0.25, 0.3) is 0 Å². The monoisotopic (exact) mass is 364 g/mol. The number of hydrogen-bond donors (Lipinski definition) is 1. The predicted octanol–water partition coefficient (Wildman–Crippen LogP) is 3.50. The first-order valence-electron chi connectivity index (χ1n) is 6.39. The quantitative estimate of drug-likeness (QED) is 0.769. The van der Waals surface area contributed by atoms with Crippen LogP contribution in [0.4, 0.5) is 0 Å². The first-order chi connectivity index (χ1) is 9.78. The number of benzene rings is 1. The van der Waals surface area contributed by atoms with Crippen LogP contribution in [0.5, 0.6) is 0 Å². The summed E-state index contributed by atoms with van der Waals surface area (Å²) >= 11 is 6.32. The van der Waals surface area contributed by atoms with Crippen molar-refractivity contribution in [2.45, 2.75) is 29.4 Å². The molecule has 21 heavy (non-hydrogen) atoms. The number of aryl methyl sites for hydroxylation is 1. The third kappa shape index (κ3) is 2.29. The summed E-state index contributed by atoms with van der Waals surface area (Å²) in [4.78, 5) is 11.6. The van der Waals surface area contributed by atoms with Gasteiger partial charge in [-0.05, 0) is 31.4 Å². The van der Waals surface area contributed by atoms with Crippen molar-refractivity contribution in [2.24, 2.45) is 0 Å². The van der Waals surface area contributed by atoms with Crippen LogP contribution >= 0.6 is 33.2 Å². The highest BCUT2D eigenvalue weighted by Crippen LogP contribution is 2.60. The van der Waals surface area contributed by atoms with Gasteiger partial charge in [0.15, 0.2) is 9.84 Å². The Labute approximate surface area is 136 Å². The van der Waals surface area contributed by atoms with E-state index in [1.807, 2.05) is 0 Å². The Balaban J connectivity index is 2.40. The van der Waals surface area contributed by atoms with Crippen LogP contribution in [0.3, 0.4) is 0 Å². The van der Waals surface area contributed by atoms with E-state index in [9.17, 15) is 18.3 Å². The zero-order valence-corrected chi connectivity index (χ0v) is 14.4. The van der Waals surface area contributed by atoms with Gasteiger partial charge in [-0.1, -0.05) is 33.2 Å². The van der Waals surface area contributed by atoms with Crippen LogP contribution in [0.15, 0.2) is 11.0 Å². The summed E-state index contributed by atoms with van der Waals surface area (Å²) in [6.45, 7) is 1.64. The molecule has 0 aromatic heterocycles. The molecule has 2 aliphatic heterocycles. The highest BCUT2D eigenvalue weighted by molar-refractivity contribution is 8.77. The van der Waals surface area contributed by atoms with Crippen LogP contribution in [0.1, 0.15) is 34.3 Å². The van der Waals surface area contributed by atoms with E-state index in [0.717, 1.165) is 12.2 Å². The molecule has 2 aliphatic rings. The number of carbonyl (C=O) groups is 1. The van der Waals surface area contributed by atoms with E-state index in [1.54, 1.807) is 28.5 Å². The van der Waals surface area contributed by atoms with Gasteiger partial charge in [0, 0.05) is 11.3 Å². The van der Waals surface area contributed by atoms with E-state index >= 15 is 0 Å². The number of carboxylic acids is 1. The number of aromatic carboxylic acids is 1. The van der Waals surface area contributed by atoms with Gasteiger partial charge in [0.1, 0.15) is 0 Å². The van der Waals surface area contributed by atoms with Crippen molar-refractivity contribution in [2.75, 3.05) is 11.5 Å². The van der Waals surface area contributed by atoms with Gasteiger partial charge in [-0.15, -0.1) is 0 Å². The second-order valence-corrected chi connectivity index (χ2v) is 10.5. The van der Waals surface area contributed by atoms with Gasteiger partial charge in [0.2, 0.25) is 0 Å². The zero-order valence-electron chi connectivity index (χ0n) is 11.2. The molecule has 0 bridgehead atoms. The van der Waals surface area contributed by atoms with Gasteiger partial charge in [-0.2, -0.15) is 0 Å². The fourth-order valence-electron chi connectivity index (χ4n) is 3.00. The molecule has 1 aromatic rings. The number of sulfone groups is 1. The number of fused-ring (bicyclic) bond motifs is 2. The van der Waals surface area contributed by atoms with Gasteiger partial charge in [-0.25, -0.2) is 13.2 Å². The van der Waals surface area contributed by atoms with Gasteiger partial charge in [-0.3, -0.25) is 0 Å². The lowest BCUT2D eigenvalue weighted by atomic mass is 9.89. The maximum atomic E-state index is 12.4. The van der Waals surface area contributed by atoms with E-state index in [2.05, 4.69) is 0 Å². The standard InChI is InChI=1S/C13H13ClO4S3/c1-7-6-8(12(15)16)10(14)9-11(7)21(17,18)5-3-13(9)2-4-19-20-13/h6H,2-5H2,1H3,(H,15,16). The molecule has 0 radical (unpaired) electrons. The van der Waals surface area contributed by atoms with E-state index in [4.69, 9.17) is 11.6 Å². The minimum Gasteiger partial charge on any atom is -0.478 e. The second-order valence-electron chi connectivity index (χ2n) is 5.28. The third-order valence-electron chi connectivity index (χ3n) is 3.98. The summed E-state index contributed by atoms with van der Waals surface area (Å²) in [7, 11) is -0.0861. The first kappa shape index (κ1) is 15.5. The van der Waals surface area contributed by atoms with Crippen molar-refractivity contribution < 1.29 is 18.3 Å². The van der Waals surface area contributed by atoms with E-state index in [1.165, 1.54) is 6.07 Å². The van der Waals surface area contributed by atoms with Crippen LogP contribution in [-0.2, 0) is 14.6 Å². The normalized spacial score (nSPS) is 26.8. The van der Waals surface area contributed by atoms with E-state index in [-0.39, 0.29) is 26.0 Å². The molecule has 114 valence electrons. The summed E-state index contributed by atoms with van der Waals surface area (Å²) in [6, 6.07) is 1.37. The molecule has 0 aliphatic carbocycles. The van der Waals surface area contributed by atoms with Crippen LogP contribution < -0.4 is 0 Å². The average Bonchev–Trinajstić information content (AvgIpc) is 2.86. The van der Waals surface area contributed by atoms with E-state index < -0.39 is 15.8 Å². The molecule has 1 fully saturated rings. The number of carboxylic acid groups (broad SMARTS) is 1. The summed E-state index contributed by atoms with van der Waals surface area (Å²) in [5.41, 5.74) is 0.980. The molecule has 3 rings (SSSR count). The van der Waals surface area contributed by atoms with Crippen molar-refractivity contribution in [1.82, 2.24) is 0 Å². The molecule has 1 atom stereocenters. The fraction of sp³-hybridized carbons (Fsp3) is 0.462. The predicted molar refractivity (Wildman–Crippen MR) is 86.2 cm³/mol. The molecule has 0 amide bonds. The minimum atomic E-state index is -3.40. The molecule has 0 saturated carbocycles. The Morgan fingerprint density at radius 1 is 1.43 bits per heavy atom. The van der Waals surface area contributed by atoms with Gasteiger partial charge in [0.05, 0.1) is 26.0 Å². The first-order valence-corrected chi connectivity index (χ1v) is 10.7. The molecule has 1 aromatic carbocycles. The van der Waals surface area contributed by atoms with Crippen molar-refractivity contribution in [3.8, 4) is 0 Å². The molecular formula is C13H13ClO4S3. The lowest BCUT2D eigenvalue weighted by Crippen LogP contribution is -2.33. The molecule has 8 heteroatoms. The third-order valence-corrected chi connectivity index (χ3v) is 9.49. The van der Waals surface area contributed by atoms with Gasteiger partial charge in [0.25, 0.3) is 0 Å². The molecule has 1 unspecified atom stereocenters. The maximum absolute atomic E-state index is 12.4. The molecule has 1 saturated heterocycles. The Kier molecular flexibility index (Phi) is 3.75. The SMILES string of the molecule is Cc1cc(C(=O)O)c(Cl)c2c1S(=O)(=O)CCC21CCSS1. The van der Waals surface area contributed by atoms with Gasteiger partial charge < -0.3 is 5.11 Å². The largest absolute Gasteiger partial charge is 0.478 e. The Morgan fingerprint density at radius 2 is 2.14 bits per heavy atom. The molecular weight excluding hydrogens is 352 g/mol. The number of halogens is 1. The van der Waals surface area contributed by atoms with Crippen molar-refractivity contribution in [1.29, 1.82) is 0 Å². The molecule has 4 nitrogen and oxygen atoms in total. The highest BCUT2D eigenvalue weighted by atomic mass is 35.5. The van der Waals surface area contributed by atoms with Crippen LogP contribution in [-0.4, -0.2) is 31.0 Å². The lowest BCUT2D eigenvalue weighted by Gasteiger charge is -2.35. The fourth-order valence-corrected chi connectivity index (χ4v) is 9.15. The lowest BCUT2D eigenvalue weighted by molar-refractivity contribution is 0.0696. The summed E-state index contributed by atoms with van der Waals surface area (Å²) in [5.74, 6) is -0.117. The number of hydrogen-bond acceptors (Lipinski definition) is 5. The minimum absolute atomic E-state index is 0.0121. The summed E-state index contributed by atoms with van der Waals surface area (Å²) in [5, 5.41) is 9.39. The molecule has 1 N–H and O–H groups in total. The highest BCUT2D eigenvalue weighted by Gasteiger charge is 2.48. The summed E-state index contributed by atoms with van der Waals surface area (Å²) < 4.78 is 24.5. The van der Waals surface area contributed by atoms with Crippen molar-refractivity contribution in [3.05, 3.63) is 27.8 Å². The molecule has 1 spiro atoms. The van der Waals surface area contributed by atoms with Crippen molar-refractivity contribution >= 4 is 49.0 Å². The Hall–Kier alpha value is -0.370. The summed E-state index contributed by atoms with van der Waals surface area (Å²) in [6.07, 6.45) is 1.30. The van der Waals surface area contributed by atoms with Crippen molar-refractivity contribution in [3.63, 3.8) is 0 Å². The Bertz CT molecular complexity index is 736. The van der Waals surface area contributed by atoms with Crippen LogP contribution in [0, 0.1) is 6.92 Å². The average molecular weight is 365 g/mol. The second kappa shape index (κ2) is 5.08. The maximum Gasteiger partial charge on any atom is 0.337 e. The van der Waals surface area contributed by atoms with Gasteiger partial charge >= 0.3 is 5.97 Å². The molecule has 2 heterocycles. The van der Waals surface area contributed by atoms with E-state index in [0.29, 0.717) is 17.5 Å². The van der Waals surface area contributed by atoms with Crippen LogP contribution in [0.2, 0.25) is 5.02 Å². The Morgan fingerprint density at radius 3 is 2.71 bits per heavy atom.